The molecule has 6 atom stereocenters. The summed E-state index contributed by atoms with van der Waals surface area (Å²) in [7, 11) is -1.27. The normalized spacial score (nSPS) is 38.6. The van der Waals surface area contributed by atoms with Gasteiger partial charge in [0.15, 0.2) is 0 Å². The van der Waals surface area contributed by atoms with E-state index < -0.39 is 7.26 Å². The van der Waals surface area contributed by atoms with Crippen LogP contribution in [0.1, 0.15) is 6.92 Å². The highest BCUT2D eigenvalue weighted by molar-refractivity contribution is 7.87. The van der Waals surface area contributed by atoms with Crippen LogP contribution in [-0.2, 0) is 0 Å². The Morgan fingerprint density at radius 2 is 1.50 bits per heavy atom. The van der Waals surface area contributed by atoms with Gasteiger partial charge in [0, 0.05) is 17.2 Å². The molecule has 120 valence electrons. The molecule has 5 rings (SSSR count). The molecule has 2 bridgehead atoms. The molecule has 0 saturated carbocycles. The lowest BCUT2D eigenvalue weighted by Gasteiger charge is -2.31. The third-order valence-corrected chi connectivity index (χ3v) is 14.4. The third-order valence-electron chi connectivity index (χ3n) is 6.21. The number of hydrogen-bond donors (Lipinski definition) is 0. The van der Waals surface area contributed by atoms with Gasteiger partial charge in [0.1, 0.15) is 0 Å². The maximum atomic E-state index is 2.67. The quantitative estimate of drug-likeness (QED) is 0.541. The second kappa shape index (κ2) is 5.66. The predicted molar refractivity (Wildman–Crippen MR) is 110 cm³/mol. The van der Waals surface area contributed by atoms with Gasteiger partial charge in [-0.25, -0.2) is 0 Å². The highest BCUT2D eigenvalue weighted by atomic mass is 31.2. The first-order valence-corrected chi connectivity index (χ1v) is 12.6. The van der Waals surface area contributed by atoms with Crippen LogP contribution in [0.5, 0.6) is 0 Å². The van der Waals surface area contributed by atoms with Gasteiger partial charge in [0.2, 0.25) is 0 Å². The minimum absolute atomic E-state index is 0.0739. The Kier molecular flexibility index (Phi) is 3.55. The monoisotopic (exact) mass is 349 g/mol. The molecule has 2 heteroatoms. The molecule has 3 aliphatic heterocycles. The van der Waals surface area contributed by atoms with E-state index in [2.05, 4.69) is 91.6 Å². The van der Waals surface area contributed by atoms with Crippen molar-refractivity contribution in [3.63, 3.8) is 0 Å². The molecule has 0 spiro atoms. The Balaban J connectivity index is 1.60. The molecule has 3 heterocycles. The summed E-state index contributed by atoms with van der Waals surface area (Å²) in [4.78, 5) is 0. The van der Waals surface area contributed by atoms with E-state index in [0.29, 0.717) is 0 Å². The molecule has 0 amide bonds. The van der Waals surface area contributed by atoms with Crippen LogP contribution >= 0.6 is 15.2 Å². The van der Waals surface area contributed by atoms with Crippen LogP contribution in [0.15, 0.2) is 84.7 Å². The lowest BCUT2D eigenvalue weighted by molar-refractivity contribution is 0.661. The molecule has 3 aliphatic rings. The van der Waals surface area contributed by atoms with Gasteiger partial charge in [-0.05, 0) is 30.4 Å². The molecule has 1 fully saturated rings. The van der Waals surface area contributed by atoms with Crippen LogP contribution in [0.4, 0.5) is 0 Å². The van der Waals surface area contributed by atoms with Gasteiger partial charge >= 0.3 is 0 Å². The summed E-state index contributed by atoms with van der Waals surface area (Å²) in [6.07, 6.45) is 9.06. The van der Waals surface area contributed by atoms with E-state index in [9.17, 15) is 0 Å². The van der Waals surface area contributed by atoms with E-state index in [1.807, 2.05) is 0 Å². The first-order chi connectivity index (χ1) is 11.8. The van der Waals surface area contributed by atoms with Crippen molar-refractivity contribution in [2.24, 2.45) is 5.92 Å². The van der Waals surface area contributed by atoms with E-state index in [-0.39, 0.29) is 7.92 Å². The largest absolute Gasteiger partial charge is 0.0988 e. The summed E-state index contributed by atoms with van der Waals surface area (Å²) >= 11 is 0. The molecule has 2 unspecified atom stereocenters. The van der Waals surface area contributed by atoms with Crippen molar-refractivity contribution in [2.75, 3.05) is 6.16 Å². The summed E-state index contributed by atoms with van der Waals surface area (Å²) in [5.74, 6) is 3.45. The Bertz CT molecular complexity index is 795. The van der Waals surface area contributed by atoms with E-state index in [1.54, 1.807) is 10.6 Å². The summed E-state index contributed by atoms with van der Waals surface area (Å²) < 4.78 is 0. The van der Waals surface area contributed by atoms with Gasteiger partial charge in [0.25, 0.3) is 0 Å². The van der Waals surface area contributed by atoms with Crippen LogP contribution in [0, 0.1) is 5.92 Å². The fourth-order valence-electron chi connectivity index (χ4n) is 5.20. The summed E-state index contributed by atoms with van der Waals surface area (Å²) in [5, 5.41) is 3.23. The van der Waals surface area contributed by atoms with Gasteiger partial charge in [0.05, 0.1) is 30.2 Å². The third kappa shape index (κ3) is 1.94. The van der Waals surface area contributed by atoms with E-state index in [0.717, 1.165) is 22.9 Å². The SMILES string of the molecule is CC[P+]1(c2ccccc2)C=C[C@@H]2[C@H]1[C@@H]1C=C[C@H]2P1c1ccccc1. The Labute approximate surface area is 146 Å². The van der Waals surface area contributed by atoms with Crippen molar-refractivity contribution >= 4 is 25.8 Å². The van der Waals surface area contributed by atoms with Crippen LogP contribution in [0.25, 0.3) is 0 Å². The van der Waals surface area contributed by atoms with E-state index >= 15 is 0 Å². The number of hydrogen-bond acceptors (Lipinski definition) is 0. The average molecular weight is 349 g/mol. The molecule has 0 nitrogen and oxygen atoms in total. The van der Waals surface area contributed by atoms with Crippen molar-refractivity contribution in [1.82, 2.24) is 0 Å². The fourth-order valence-corrected chi connectivity index (χ4v) is 14.3. The van der Waals surface area contributed by atoms with Crippen molar-refractivity contribution in [3.05, 3.63) is 84.7 Å². The lowest BCUT2D eigenvalue weighted by atomic mass is 9.94. The smallest absolute Gasteiger partial charge is 0.0792 e. The molecule has 0 radical (unpaired) electrons. The maximum Gasteiger partial charge on any atom is 0.0988 e. The van der Waals surface area contributed by atoms with Gasteiger partial charge in [-0.1, -0.05) is 68.6 Å². The first kappa shape index (κ1) is 15.1. The number of benzene rings is 2. The number of rotatable bonds is 3. The summed E-state index contributed by atoms with van der Waals surface area (Å²) in [5.41, 5.74) is 2.40. The second-order valence-corrected chi connectivity index (χ2v) is 13.5. The summed E-state index contributed by atoms with van der Waals surface area (Å²) in [6.45, 7) is 2.42. The topological polar surface area (TPSA) is 0 Å². The highest BCUT2D eigenvalue weighted by Gasteiger charge is 2.65. The van der Waals surface area contributed by atoms with Gasteiger partial charge in [-0.15, -0.1) is 0 Å². The Hall–Kier alpha value is -1.22. The second-order valence-electron chi connectivity index (χ2n) is 7.10. The minimum atomic E-state index is -1.20. The Morgan fingerprint density at radius 1 is 0.833 bits per heavy atom. The lowest BCUT2D eigenvalue weighted by Crippen LogP contribution is -2.32. The number of fused-ring (bicyclic) bond motifs is 5. The maximum absolute atomic E-state index is 2.67. The van der Waals surface area contributed by atoms with Crippen molar-refractivity contribution in [1.29, 1.82) is 0 Å². The zero-order valence-corrected chi connectivity index (χ0v) is 15.8. The molecule has 0 aromatic heterocycles. The Morgan fingerprint density at radius 3 is 2.21 bits per heavy atom. The van der Waals surface area contributed by atoms with Crippen LogP contribution in [-0.4, -0.2) is 23.1 Å². The summed E-state index contributed by atoms with van der Waals surface area (Å²) in [6, 6.07) is 22.8. The molecule has 2 aromatic rings. The molecular formula is C22H23P2+. The zero-order valence-electron chi connectivity index (χ0n) is 14.0. The van der Waals surface area contributed by atoms with Gasteiger partial charge in [-0.2, -0.15) is 0 Å². The zero-order chi connectivity index (χ0) is 16.1. The molecular weight excluding hydrogens is 326 g/mol. The average Bonchev–Trinajstić information content (AvgIpc) is 3.33. The van der Waals surface area contributed by atoms with E-state index in [1.165, 1.54) is 6.16 Å². The minimum Gasteiger partial charge on any atom is -0.0792 e. The van der Waals surface area contributed by atoms with Crippen molar-refractivity contribution < 1.29 is 0 Å². The van der Waals surface area contributed by atoms with Crippen molar-refractivity contribution in [2.45, 2.75) is 23.9 Å². The van der Waals surface area contributed by atoms with Crippen LogP contribution < -0.4 is 10.6 Å². The number of allylic oxidation sites excluding steroid dienone is 3. The predicted octanol–water partition coefficient (Wildman–Crippen LogP) is 4.99. The molecule has 2 aromatic carbocycles. The van der Waals surface area contributed by atoms with E-state index in [4.69, 9.17) is 0 Å². The molecule has 0 aliphatic carbocycles. The van der Waals surface area contributed by atoms with Crippen molar-refractivity contribution in [3.8, 4) is 0 Å². The first-order valence-electron chi connectivity index (χ1n) is 8.99. The molecule has 0 N–H and O–H groups in total. The van der Waals surface area contributed by atoms with Gasteiger partial charge in [-0.3, -0.25) is 0 Å². The standard InChI is InChI=1S/C22H23P2/c1-2-24(18-11-7-4-8-12-18)16-15-19-20-13-14-21(22(19)24)23(20)17-9-5-3-6-10-17/h3-16,19-22H,2H2,1H3/q+1/t19-,20+,21-,22-,23?,24?/m0/s1. The molecule has 1 saturated heterocycles. The highest BCUT2D eigenvalue weighted by Crippen LogP contribution is 2.80. The van der Waals surface area contributed by atoms with Gasteiger partial charge < -0.3 is 0 Å². The molecule has 24 heavy (non-hydrogen) atoms. The van der Waals surface area contributed by atoms with Crippen LogP contribution in [0.3, 0.4) is 0 Å². The fraction of sp³-hybridized carbons (Fsp3) is 0.273. The van der Waals surface area contributed by atoms with Crippen LogP contribution in [0.2, 0.25) is 0 Å².